The predicted octanol–water partition coefficient (Wildman–Crippen LogP) is 10.7. The zero-order valence-electron chi connectivity index (χ0n) is 25.7. The number of alkyl halides is 9. The van der Waals surface area contributed by atoms with Gasteiger partial charge in [0.2, 0.25) is 0 Å². The smallest absolute Gasteiger partial charge is 0.460 e. The Kier molecular flexibility index (Phi) is 12.5. The van der Waals surface area contributed by atoms with E-state index in [-0.39, 0.29) is 29.3 Å². The van der Waals surface area contributed by atoms with E-state index >= 15 is 0 Å². The zero-order chi connectivity index (χ0) is 35.3. The van der Waals surface area contributed by atoms with Gasteiger partial charge in [-0.1, -0.05) is 63.6 Å². The lowest BCUT2D eigenvalue weighted by Gasteiger charge is -2.43. The highest BCUT2D eigenvalue weighted by Gasteiger charge is 2.81. The molecule has 47 heavy (non-hydrogen) atoms. The number of unbranched alkanes of at least 4 members (excludes halogenated alkanes) is 5. The number of phenols is 2. The minimum atomic E-state index is -6.95. The Bertz CT molecular complexity index is 1330. The van der Waals surface area contributed by atoms with Crippen molar-refractivity contribution in [1.29, 1.82) is 0 Å². The third-order valence-electron chi connectivity index (χ3n) is 9.09. The van der Waals surface area contributed by atoms with Crippen LogP contribution >= 0.6 is 11.8 Å². The van der Waals surface area contributed by atoms with Crippen LogP contribution in [0.4, 0.5) is 39.5 Å². The van der Waals surface area contributed by atoms with E-state index in [1.54, 1.807) is 36.0 Å². The molecule has 2 aromatic carbocycles. The molecule has 3 rings (SSSR count). The maximum atomic E-state index is 13.8. The van der Waals surface area contributed by atoms with Gasteiger partial charge in [0.1, 0.15) is 11.5 Å². The number of carboxylic acid groups (broad SMARTS) is 1. The Balaban J connectivity index is 1.46. The van der Waals surface area contributed by atoms with E-state index in [4.69, 9.17) is 0 Å². The molecule has 0 saturated carbocycles. The van der Waals surface area contributed by atoms with Crippen molar-refractivity contribution in [3.8, 4) is 11.5 Å². The molecule has 14 heteroatoms. The number of fused-ring (bicyclic) bond motifs is 1. The predicted molar refractivity (Wildman–Crippen MR) is 160 cm³/mol. The molecular formula is C33H39F9O4S. The fourth-order valence-electron chi connectivity index (χ4n) is 6.18. The molecule has 1 aliphatic heterocycles. The highest BCUT2D eigenvalue weighted by Crippen LogP contribution is 2.55. The summed E-state index contributed by atoms with van der Waals surface area (Å²) in [7, 11) is 0. The first-order valence-electron chi connectivity index (χ1n) is 15.4. The van der Waals surface area contributed by atoms with E-state index in [1.807, 2.05) is 18.2 Å². The van der Waals surface area contributed by atoms with Crippen LogP contribution in [0.5, 0.6) is 11.5 Å². The number of benzene rings is 2. The Morgan fingerprint density at radius 2 is 1.36 bits per heavy atom. The molecule has 4 nitrogen and oxygen atoms in total. The lowest BCUT2D eigenvalue weighted by Crippen LogP contribution is -2.60. The van der Waals surface area contributed by atoms with Gasteiger partial charge < -0.3 is 15.3 Å². The molecule has 3 unspecified atom stereocenters. The first kappa shape index (κ1) is 38.7. The Labute approximate surface area is 271 Å². The van der Waals surface area contributed by atoms with E-state index in [1.165, 1.54) is 0 Å². The van der Waals surface area contributed by atoms with E-state index in [0.29, 0.717) is 12.8 Å². The summed E-state index contributed by atoms with van der Waals surface area (Å²) in [5, 5.41) is 29.2. The summed E-state index contributed by atoms with van der Waals surface area (Å²) >= 11 is 1.67. The van der Waals surface area contributed by atoms with Gasteiger partial charge in [-0.2, -0.15) is 39.5 Å². The van der Waals surface area contributed by atoms with Crippen molar-refractivity contribution in [3.05, 3.63) is 53.6 Å². The molecule has 0 amide bonds. The number of hydrogen-bond donors (Lipinski definition) is 3. The minimum absolute atomic E-state index is 0.0182. The number of aromatic hydroxyl groups is 2. The highest BCUT2D eigenvalue weighted by molar-refractivity contribution is 7.99. The van der Waals surface area contributed by atoms with Crippen LogP contribution in [0.3, 0.4) is 0 Å². The monoisotopic (exact) mass is 702 g/mol. The summed E-state index contributed by atoms with van der Waals surface area (Å²) in [5.74, 6) is -20.7. The van der Waals surface area contributed by atoms with Crippen LogP contribution in [0.1, 0.15) is 94.6 Å². The van der Waals surface area contributed by atoms with Gasteiger partial charge in [0.05, 0.1) is 5.92 Å². The van der Waals surface area contributed by atoms with Crippen LogP contribution in [0.15, 0.2) is 47.4 Å². The van der Waals surface area contributed by atoms with Crippen LogP contribution in [0.25, 0.3) is 0 Å². The number of carbonyl (C=O) groups is 1. The van der Waals surface area contributed by atoms with E-state index < -0.39 is 55.1 Å². The van der Waals surface area contributed by atoms with Gasteiger partial charge >= 0.3 is 29.9 Å². The number of halogens is 9. The second kappa shape index (κ2) is 15.2. The van der Waals surface area contributed by atoms with E-state index in [2.05, 4.69) is 6.92 Å². The molecule has 3 atom stereocenters. The summed E-state index contributed by atoms with van der Waals surface area (Å²) in [6, 6.07) is 12.6. The zero-order valence-corrected chi connectivity index (χ0v) is 26.6. The molecule has 0 spiro atoms. The summed E-state index contributed by atoms with van der Waals surface area (Å²) < 4.78 is 118. The second-order valence-corrected chi connectivity index (χ2v) is 13.5. The third kappa shape index (κ3) is 8.83. The summed E-state index contributed by atoms with van der Waals surface area (Å²) in [6.07, 6.45) is -5.28. The number of phenolic OH excluding ortho intramolecular Hbond substituents is 2. The van der Waals surface area contributed by atoms with Crippen molar-refractivity contribution in [2.24, 2.45) is 5.92 Å². The first-order chi connectivity index (χ1) is 21.7. The molecule has 2 aromatic rings. The summed E-state index contributed by atoms with van der Waals surface area (Å²) in [4.78, 5) is 12.6. The lowest BCUT2D eigenvalue weighted by molar-refractivity contribution is -0.396. The molecule has 0 fully saturated rings. The van der Waals surface area contributed by atoms with Gasteiger partial charge in [0, 0.05) is 22.5 Å². The van der Waals surface area contributed by atoms with Crippen molar-refractivity contribution in [2.75, 3.05) is 5.75 Å². The van der Waals surface area contributed by atoms with Crippen molar-refractivity contribution in [1.82, 2.24) is 0 Å². The first-order valence-corrected chi connectivity index (χ1v) is 16.4. The quantitative estimate of drug-likeness (QED) is 0.113. The Morgan fingerprint density at radius 1 is 0.809 bits per heavy atom. The molecular weight excluding hydrogens is 663 g/mol. The molecule has 0 aromatic heterocycles. The van der Waals surface area contributed by atoms with Crippen LogP contribution in [0.2, 0.25) is 0 Å². The topological polar surface area (TPSA) is 77.8 Å². The van der Waals surface area contributed by atoms with Crippen molar-refractivity contribution in [2.45, 2.75) is 118 Å². The molecule has 264 valence electrons. The van der Waals surface area contributed by atoms with Gasteiger partial charge in [-0.05, 0) is 67.0 Å². The Morgan fingerprint density at radius 3 is 1.96 bits per heavy atom. The number of carboxylic acids is 1. The third-order valence-corrected chi connectivity index (χ3v) is 10.5. The van der Waals surface area contributed by atoms with E-state index in [9.17, 15) is 59.6 Å². The number of rotatable bonds is 17. The van der Waals surface area contributed by atoms with Gasteiger partial charge in [-0.15, -0.1) is 11.8 Å². The molecule has 0 aliphatic carbocycles. The standard InChI is InChI=1S/C33H39F9O4S/c1-29(22-12-14-23(43)15-13-22)20-47-27-19-24(44)16-17-25(27)26(29)11-7-5-3-2-4-6-9-21(28(45)46)10-8-18-30(34,35)31(36,37)32(38,39)33(40,41)42/h12-17,19,21,26,43-44H,2-11,18,20H2,1H3,(H,45,46). The lowest BCUT2D eigenvalue weighted by atomic mass is 9.68. The maximum absolute atomic E-state index is 13.8. The van der Waals surface area contributed by atoms with E-state index in [0.717, 1.165) is 53.9 Å². The molecule has 1 heterocycles. The molecule has 3 N–H and O–H groups in total. The molecule has 1 aliphatic rings. The van der Waals surface area contributed by atoms with Crippen LogP contribution in [-0.2, 0) is 10.2 Å². The molecule has 0 saturated heterocycles. The van der Waals surface area contributed by atoms with Crippen LogP contribution in [-0.4, -0.2) is 51.0 Å². The SMILES string of the molecule is CC1(c2ccc(O)cc2)CSc2cc(O)ccc2C1CCCCCCCCC(CCCC(F)(F)C(F)(F)C(F)(F)C(F)(F)F)C(=O)O. The van der Waals surface area contributed by atoms with Crippen molar-refractivity contribution >= 4 is 17.7 Å². The fraction of sp³-hybridized carbons (Fsp3) is 0.606. The molecule has 0 radical (unpaired) electrons. The average Bonchev–Trinajstić information content (AvgIpc) is 2.97. The average molecular weight is 703 g/mol. The van der Waals surface area contributed by atoms with Crippen LogP contribution < -0.4 is 0 Å². The second-order valence-electron chi connectivity index (χ2n) is 12.5. The normalized spacial score (nSPS) is 19.7. The Hall–Kier alpha value is -2.77. The largest absolute Gasteiger partial charge is 0.508 e. The highest BCUT2D eigenvalue weighted by atomic mass is 32.2. The molecule has 0 bridgehead atoms. The fourth-order valence-corrected chi connectivity index (χ4v) is 7.59. The van der Waals surface area contributed by atoms with Gasteiger partial charge in [-0.3, -0.25) is 4.79 Å². The summed E-state index contributed by atoms with van der Waals surface area (Å²) in [5.41, 5.74) is 2.01. The van der Waals surface area contributed by atoms with Gasteiger partial charge in [0.25, 0.3) is 0 Å². The number of aliphatic carboxylic acids is 1. The van der Waals surface area contributed by atoms with Crippen molar-refractivity contribution in [3.63, 3.8) is 0 Å². The van der Waals surface area contributed by atoms with Crippen molar-refractivity contribution < 1.29 is 59.6 Å². The maximum Gasteiger partial charge on any atom is 0.460 e. The summed E-state index contributed by atoms with van der Waals surface area (Å²) in [6.45, 7) is 2.19. The number of thioether (sulfide) groups is 1. The number of hydrogen-bond acceptors (Lipinski definition) is 4. The van der Waals surface area contributed by atoms with Gasteiger partial charge in [-0.25, -0.2) is 0 Å². The van der Waals surface area contributed by atoms with Gasteiger partial charge in [0.15, 0.2) is 0 Å². The van der Waals surface area contributed by atoms with Crippen LogP contribution in [0, 0.1) is 5.92 Å². The minimum Gasteiger partial charge on any atom is -0.508 e.